The second-order valence-electron chi connectivity index (χ2n) is 7.37. The minimum Gasteiger partial charge on any atom is -0.370 e. The summed E-state index contributed by atoms with van der Waals surface area (Å²) in [6.45, 7) is 4.90. The molecule has 0 saturated carbocycles. The number of anilines is 1. The maximum atomic E-state index is 13.6. The molecular formula is C21H24F2N2O. The molecule has 4 rings (SSSR count). The van der Waals surface area contributed by atoms with Crippen LogP contribution in [-0.4, -0.2) is 43.3 Å². The Hall–Kier alpha value is -1.98. The van der Waals surface area contributed by atoms with Gasteiger partial charge in [0.05, 0.1) is 12.2 Å². The standard InChI is InChI=1S/C21H24F2N2O/c22-18-7-5-17(6-8-18)14-24-11-12-26-21(15-24)9-2-10-25(16-21)20-4-1-3-19(23)13-20/h1,3-8,13H,2,9-12,14-16H2/t21-/m1/s1. The first-order chi connectivity index (χ1) is 12.6. The van der Waals surface area contributed by atoms with Crippen LogP contribution in [0, 0.1) is 11.6 Å². The van der Waals surface area contributed by atoms with Crippen LogP contribution in [0.1, 0.15) is 18.4 Å². The fraction of sp³-hybridized carbons (Fsp3) is 0.429. The molecule has 0 aliphatic carbocycles. The molecule has 2 saturated heterocycles. The van der Waals surface area contributed by atoms with Gasteiger partial charge in [0.25, 0.3) is 0 Å². The lowest BCUT2D eigenvalue weighted by molar-refractivity contribution is -0.116. The summed E-state index contributed by atoms with van der Waals surface area (Å²) >= 11 is 0. The van der Waals surface area contributed by atoms with Crippen LogP contribution in [0.3, 0.4) is 0 Å². The van der Waals surface area contributed by atoms with Gasteiger partial charge >= 0.3 is 0 Å². The lowest BCUT2D eigenvalue weighted by atomic mass is 9.90. The highest BCUT2D eigenvalue weighted by Gasteiger charge is 2.40. The molecule has 26 heavy (non-hydrogen) atoms. The molecule has 0 unspecified atom stereocenters. The molecule has 2 heterocycles. The van der Waals surface area contributed by atoms with E-state index in [2.05, 4.69) is 9.80 Å². The second-order valence-corrected chi connectivity index (χ2v) is 7.37. The van der Waals surface area contributed by atoms with Gasteiger partial charge in [-0.15, -0.1) is 0 Å². The molecule has 2 aromatic carbocycles. The average Bonchev–Trinajstić information content (AvgIpc) is 2.64. The molecule has 2 aliphatic rings. The molecule has 1 spiro atoms. The minimum atomic E-state index is -0.219. The van der Waals surface area contributed by atoms with Crippen LogP contribution in [0.4, 0.5) is 14.5 Å². The smallest absolute Gasteiger partial charge is 0.125 e. The van der Waals surface area contributed by atoms with Crippen LogP contribution in [0.5, 0.6) is 0 Å². The summed E-state index contributed by atoms with van der Waals surface area (Å²) in [5, 5.41) is 0. The van der Waals surface area contributed by atoms with Crippen molar-refractivity contribution in [1.29, 1.82) is 0 Å². The number of benzene rings is 2. The van der Waals surface area contributed by atoms with Gasteiger partial charge in [0, 0.05) is 38.4 Å². The number of hydrogen-bond donors (Lipinski definition) is 0. The Balaban J connectivity index is 1.45. The largest absolute Gasteiger partial charge is 0.370 e. The van der Waals surface area contributed by atoms with E-state index in [0.29, 0.717) is 6.61 Å². The van der Waals surface area contributed by atoms with Crippen LogP contribution in [0.15, 0.2) is 48.5 Å². The van der Waals surface area contributed by atoms with E-state index >= 15 is 0 Å². The van der Waals surface area contributed by atoms with E-state index < -0.39 is 0 Å². The first-order valence-corrected chi connectivity index (χ1v) is 9.23. The van der Waals surface area contributed by atoms with Crippen LogP contribution < -0.4 is 4.90 Å². The van der Waals surface area contributed by atoms with Crippen molar-refractivity contribution < 1.29 is 13.5 Å². The molecule has 0 radical (unpaired) electrons. The summed E-state index contributed by atoms with van der Waals surface area (Å²) in [6, 6.07) is 13.5. The van der Waals surface area contributed by atoms with Crippen molar-refractivity contribution in [3.05, 3.63) is 65.7 Å². The van der Waals surface area contributed by atoms with Gasteiger partial charge < -0.3 is 9.64 Å². The Morgan fingerprint density at radius 1 is 0.962 bits per heavy atom. The SMILES string of the molecule is Fc1ccc(CN2CCO[C@]3(CCCN(c4cccc(F)c4)C3)C2)cc1. The van der Waals surface area contributed by atoms with Gasteiger partial charge in [-0.1, -0.05) is 18.2 Å². The Morgan fingerprint density at radius 3 is 2.62 bits per heavy atom. The van der Waals surface area contributed by atoms with E-state index in [4.69, 9.17) is 4.74 Å². The highest BCUT2D eigenvalue weighted by molar-refractivity contribution is 5.47. The fourth-order valence-corrected chi connectivity index (χ4v) is 4.14. The van der Waals surface area contributed by atoms with Gasteiger partial charge in [-0.3, -0.25) is 4.90 Å². The van der Waals surface area contributed by atoms with Crippen molar-refractivity contribution in [3.63, 3.8) is 0 Å². The lowest BCUT2D eigenvalue weighted by Gasteiger charge is -2.48. The maximum Gasteiger partial charge on any atom is 0.125 e. The average molecular weight is 358 g/mol. The first kappa shape index (κ1) is 17.4. The summed E-state index contributed by atoms with van der Waals surface area (Å²) in [6.07, 6.45) is 2.04. The van der Waals surface area contributed by atoms with Crippen molar-refractivity contribution >= 4 is 5.69 Å². The molecule has 0 amide bonds. The summed E-state index contributed by atoms with van der Waals surface area (Å²) < 4.78 is 33.0. The van der Waals surface area contributed by atoms with Crippen LogP contribution in [0.25, 0.3) is 0 Å². The van der Waals surface area contributed by atoms with Crippen molar-refractivity contribution in [2.45, 2.75) is 25.0 Å². The molecule has 2 aromatic rings. The van der Waals surface area contributed by atoms with E-state index in [0.717, 1.165) is 56.8 Å². The molecule has 2 fully saturated rings. The molecule has 0 bridgehead atoms. The number of halogens is 2. The summed E-state index contributed by atoms with van der Waals surface area (Å²) in [4.78, 5) is 4.61. The molecule has 3 nitrogen and oxygen atoms in total. The van der Waals surface area contributed by atoms with E-state index in [1.807, 2.05) is 18.2 Å². The Morgan fingerprint density at radius 2 is 1.81 bits per heavy atom. The van der Waals surface area contributed by atoms with E-state index in [1.54, 1.807) is 12.1 Å². The molecular weight excluding hydrogens is 334 g/mol. The fourth-order valence-electron chi connectivity index (χ4n) is 4.14. The zero-order valence-electron chi connectivity index (χ0n) is 14.8. The normalized spacial score (nSPS) is 24.2. The maximum absolute atomic E-state index is 13.6. The Labute approximate surface area is 153 Å². The van der Waals surface area contributed by atoms with E-state index in [9.17, 15) is 8.78 Å². The summed E-state index contributed by atoms with van der Waals surface area (Å²) in [5.41, 5.74) is 1.81. The molecule has 138 valence electrons. The highest BCUT2D eigenvalue weighted by Crippen LogP contribution is 2.32. The number of piperidine rings is 1. The highest BCUT2D eigenvalue weighted by atomic mass is 19.1. The van der Waals surface area contributed by atoms with Crippen LogP contribution in [0.2, 0.25) is 0 Å². The Bertz CT molecular complexity index is 748. The predicted molar refractivity (Wildman–Crippen MR) is 98.2 cm³/mol. The van der Waals surface area contributed by atoms with Gasteiger partial charge in [-0.2, -0.15) is 0 Å². The van der Waals surface area contributed by atoms with Gasteiger partial charge in [-0.25, -0.2) is 8.78 Å². The zero-order valence-corrected chi connectivity index (χ0v) is 14.8. The Kier molecular flexibility index (Phi) is 4.92. The zero-order chi connectivity index (χ0) is 18.0. The van der Waals surface area contributed by atoms with Crippen molar-refractivity contribution in [2.75, 3.05) is 37.7 Å². The molecule has 5 heteroatoms. The molecule has 2 aliphatic heterocycles. The number of hydrogen-bond acceptors (Lipinski definition) is 3. The minimum absolute atomic E-state index is 0.204. The van der Waals surface area contributed by atoms with Crippen molar-refractivity contribution in [1.82, 2.24) is 4.90 Å². The molecule has 0 aromatic heterocycles. The van der Waals surface area contributed by atoms with Gasteiger partial charge in [0.15, 0.2) is 0 Å². The summed E-state index contributed by atoms with van der Waals surface area (Å²) in [7, 11) is 0. The number of rotatable bonds is 3. The monoisotopic (exact) mass is 358 g/mol. The van der Waals surface area contributed by atoms with E-state index in [-0.39, 0.29) is 17.2 Å². The third-order valence-corrected chi connectivity index (χ3v) is 5.36. The second kappa shape index (κ2) is 7.33. The molecule has 0 N–H and O–H groups in total. The van der Waals surface area contributed by atoms with Gasteiger partial charge in [0.2, 0.25) is 0 Å². The van der Waals surface area contributed by atoms with Crippen LogP contribution in [-0.2, 0) is 11.3 Å². The topological polar surface area (TPSA) is 15.7 Å². The number of nitrogens with zero attached hydrogens (tertiary/aromatic N) is 2. The first-order valence-electron chi connectivity index (χ1n) is 9.23. The quantitative estimate of drug-likeness (QED) is 0.829. The van der Waals surface area contributed by atoms with Gasteiger partial charge in [-0.05, 0) is 48.7 Å². The van der Waals surface area contributed by atoms with Crippen molar-refractivity contribution in [3.8, 4) is 0 Å². The number of ether oxygens (including phenoxy) is 1. The van der Waals surface area contributed by atoms with Gasteiger partial charge in [0.1, 0.15) is 11.6 Å². The van der Waals surface area contributed by atoms with Crippen molar-refractivity contribution in [2.24, 2.45) is 0 Å². The predicted octanol–water partition coefficient (Wildman–Crippen LogP) is 3.84. The third-order valence-electron chi connectivity index (χ3n) is 5.36. The third kappa shape index (κ3) is 3.89. The van der Waals surface area contributed by atoms with Crippen LogP contribution >= 0.6 is 0 Å². The summed E-state index contributed by atoms with van der Waals surface area (Å²) in [5.74, 6) is -0.408. The number of morpholine rings is 1. The van der Waals surface area contributed by atoms with E-state index in [1.165, 1.54) is 18.2 Å². The lowest BCUT2D eigenvalue weighted by Crippen LogP contribution is -2.59. The molecule has 1 atom stereocenters.